The van der Waals surface area contributed by atoms with Crippen molar-refractivity contribution in [3.8, 4) is 0 Å². The summed E-state index contributed by atoms with van der Waals surface area (Å²) in [5.41, 5.74) is 4.91. The molecule has 142 valence electrons. The molecule has 1 saturated carbocycles. The fourth-order valence-corrected chi connectivity index (χ4v) is 4.53. The minimum Gasteiger partial charge on any atom is -0.338 e. The standard InChI is InChI=1S/C17H28N4O3.ClH/c1-11-5-3-4-6-17(11)15(23)21(16(24)19-17)10-14(22)20-9-13(8-18)7-12(20)2;/h11-13H,3-10,18H2,1-2H3,(H,19,24);1H. The molecule has 2 heterocycles. The Kier molecular flexibility index (Phi) is 5.99. The highest BCUT2D eigenvalue weighted by Gasteiger charge is 2.55. The van der Waals surface area contributed by atoms with Gasteiger partial charge in [0.25, 0.3) is 5.91 Å². The van der Waals surface area contributed by atoms with Crippen LogP contribution in [-0.4, -0.2) is 58.9 Å². The molecule has 4 atom stereocenters. The van der Waals surface area contributed by atoms with Gasteiger partial charge in [0, 0.05) is 12.6 Å². The number of imide groups is 1. The number of halogens is 1. The van der Waals surface area contributed by atoms with Crippen LogP contribution in [0.1, 0.15) is 46.0 Å². The molecule has 2 saturated heterocycles. The third-order valence-corrected chi connectivity index (χ3v) is 6.11. The van der Waals surface area contributed by atoms with Crippen LogP contribution in [0.15, 0.2) is 0 Å². The number of urea groups is 1. The van der Waals surface area contributed by atoms with Crippen LogP contribution in [0, 0.1) is 11.8 Å². The molecule has 7 nitrogen and oxygen atoms in total. The Morgan fingerprint density at radius 1 is 1.32 bits per heavy atom. The average Bonchev–Trinajstić information content (AvgIpc) is 3.04. The number of carbonyl (C=O) groups excluding carboxylic acids is 3. The molecule has 1 spiro atoms. The Hall–Kier alpha value is -1.34. The van der Waals surface area contributed by atoms with Crippen LogP contribution >= 0.6 is 12.4 Å². The van der Waals surface area contributed by atoms with Crippen LogP contribution in [0.2, 0.25) is 0 Å². The number of nitrogens with zero attached hydrogens (tertiary/aromatic N) is 2. The molecule has 0 aromatic rings. The first-order valence-corrected chi connectivity index (χ1v) is 9.02. The summed E-state index contributed by atoms with van der Waals surface area (Å²) < 4.78 is 0. The smallest absolute Gasteiger partial charge is 0.325 e. The number of likely N-dealkylation sites (tertiary alicyclic amines) is 1. The van der Waals surface area contributed by atoms with Crippen molar-refractivity contribution in [3.63, 3.8) is 0 Å². The van der Waals surface area contributed by atoms with Crippen LogP contribution in [-0.2, 0) is 9.59 Å². The van der Waals surface area contributed by atoms with Gasteiger partial charge in [0.05, 0.1) is 0 Å². The van der Waals surface area contributed by atoms with Gasteiger partial charge in [-0.15, -0.1) is 12.4 Å². The van der Waals surface area contributed by atoms with Gasteiger partial charge in [-0.3, -0.25) is 14.5 Å². The number of hydrogen-bond acceptors (Lipinski definition) is 4. The zero-order valence-corrected chi connectivity index (χ0v) is 15.8. The number of carbonyl (C=O) groups is 3. The van der Waals surface area contributed by atoms with E-state index in [2.05, 4.69) is 5.32 Å². The summed E-state index contributed by atoms with van der Waals surface area (Å²) in [6.07, 6.45) is 4.48. The molecule has 1 aliphatic carbocycles. The summed E-state index contributed by atoms with van der Waals surface area (Å²) in [5.74, 6) is 0.0182. The van der Waals surface area contributed by atoms with E-state index in [4.69, 9.17) is 5.73 Å². The normalized spacial score (nSPS) is 35.1. The van der Waals surface area contributed by atoms with Gasteiger partial charge in [-0.2, -0.15) is 0 Å². The van der Waals surface area contributed by atoms with Gasteiger partial charge in [0.2, 0.25) is 5.91 Å². The highest BCUT2D eigenvalue weighted by Crippen LogP contribution is 2.38. The maximum absolute atomic E-state index is 12.9. The second-order valence-electron chi connectivity index (χ2n) is 7.67. The Bertz CT molecular complexity index is 558. The Morgan fingerprint density at radius 3 is 2.64 bits per heavy atom. The molecule has 3 N–H and O–H groups in total. The van der Waals surface area contributed by atoms with Crippen LogP contribution in [0.3, 0.4) is 0 Å². The van der Waals surface area contributed by atoms with E-state index in [0.29, 0.717) is 25.4 Å². The predicted molar refractivity (Wildman–Crippen MR) is 96.2 cm³/mol. The molecule has 0 radical (unpaired) electrons. The Morgan fingerprint density at radius 2 is 2.04 bits per heavy atom. The summed E-state index contributed by atoms with van der Waals surface area (Å²) in [6, 6.07) is -0.321. The van der Waals surface area contributed by atoms with E-state index < -0.39 is 11.6 Å². The number of amides is 4. The van der Waals surface area contributed by atoms with Gasteiger partial charge in [-0.05, 0) is 44.6 Å². The van der Waals surface area contributed by atoms with E-state index in [1.807, 2.05) is 13.8 Å². The second kappa shape index (κ2) is 7.50. The summed E-state index contributed by atoms with van der Waals surface area (Å²) in [6.45, 7) is 5.00. The van der Waals surface area contributed by atoms with Crippen LogP contribution < -0.4 is 11.1 Å². The van der Waals surface area contributed by atoms with E-state index >= 15 is 0 Å². The fourth-order valence-electron chi connectivity index (χ4n) is 4.53. The van der Waals surface area contributed by atoms with E-state index in [1.165, 1.54) is 0 Å². The highest BCUT2D eigenvalue weighted by atomic mass is 35.5. The third kappa shape index (κ3) is 3.36. The van der Waals surface area contributed by atoms with Gasteiger partial charge in [0.15, 0.2) is 0 Å². The summed E-state index contributed by atoms with van der Waals surface area (Å²) in [5, 5.41) is 2.89. The molecule has 0 aromatic heterocycles. The van der Waals surface area contributed by atoms with Gasteiger partial charge in [-0.1, -0.05) is 19.8 Å². The largest absolute Gasteiger partial charge is 0.338 e. The van der Waals surface area contributed by atoms with Gasteiger partial charge in [-0.25, -0.2) is 4.79 Å². The fraction of sp³-hybridized carbons (Fsp3) is 0.824. The molecular weight excluding hydrogens is 344 g/mol. The molecule has 8 heteroatoms. The zero-order valence-electron chi connectivity index (χ0n) is 15.0. The maximum atomic E-state index is 12.9. The van der Waals surface area contributed by atoms with E-state index in [0.717, 1.165) is 30.6 Å². The first-order chi connectivity index (χ1) is 11.4. The van der Waals surface area contributed by atoms with Crippen LogP contribution in [0.25, 0.3) is 0 Å². The van der Waals surface area contributed by atoms with E-state index in [9.17, 15) is 14.4 Å². The number of hydrogen-bond donors (Lipinski definition) is 2. The number of rotatable bonds is 3. The molecule has 3 aliphatic rings. The quantitative estimate of drug-likeness (QED) is 0.725. The maximum Gasteiger partial charge on any atom is 0.325 e. The topological polar surface area (TPSA) is 95.7 Å². The lowest BCUT2D eigenvalue weighted by atomic mass is 9.73. The third-order valence-electron chi connectivity index (χ3n) is 6.11. The van der Waals surface area contributed by atoms with Crippen molar-refractivity contribution in [2.75, 3.05) is 19.6 Å². The molecule has 2 aliphatic heterocycles. The molecule has 0 aromatic carbocycles. The Balaban J connectivity index is 0.00000225. The van der Waals surface area contributed by atoms with Crippen LogP contribution in [0.5, 0.6) is 0 Å². The van der Waals surface area contributed by atoms with Crippen molar-refractivity contribution in [1.29, 1.82) is 0 Å². The molecule has 3 rings (SSSR count). The zero-order chi connectivity index (χ0) is 17.5. The molecular formula is C17H29ClN4O3. The van der Waals surface area contributed by atoms with Crippen molar-refractivity contribution in [2.45, 2.75) is 57.5 Å². The monoisotopic (exact) mass is 372 g/mol. The number of nitrogens with one attached hydrogen (secondary N) is 1. The average molecular weight is 373 g/mol. The molecule has 4 unspecified atom stereocenters. The second-order valence-corrected chi connectivity index (χ2v) is 7.67. The minimum absolute atomic E-state index is 0. The van der Waals surface area contributed by atoms with Crippen LogP contribution in [0.4, 0.5) is 4.79 Å². The first kappa shape index (κ1) is 20.0. The predicted octanol–water partition coefficient (Wildman–Crippen LogP) is 1.10. The van der Waals surface area contributed by atoms with Crippen molar-refractivity contribution < 1.29 is 14.4 Å². The lowest BCUT2D eigenvalue weighted by Gasteiger charge is -2.36. The van der Waals surface area contributed by atoms with Crippen molar-refractivity contribution in [3.05, 3.63) is 0 Å². The van der Waals surface area contributed by atoms with Gasteiger partial charge in [0.1, 0.15) is 12.1 Å². The molecule has 4 amide bonds. The summed E-state index contributed by atoms with van der Waals surface area (Å²) >= 11 is 0. The van der Waals surface area contributed by atoms with Gasteiger partial charge < -0.3 is 16.0 Å². The summed E-state index contributed by atoms with van der Waals surface area (Å²) in [4.78, 5) is 40.8. The molecule has 25 heavy (non-hydrogen) atoms. The minimum atomic E-state index is -0.800. The van der Waals surface area contributed by atoms with Gasteiger partial charge >= 0.3 is 6.03 Å². The lowest BCUT2D eigenvalue weighted by Crippen LogP contribution is -2.54. The van der Waals surface area contributed by atoms with Crippen molar-refractivity contribution >= 4 is 30.3 Å². The lowest BCUT2D eigenvalue weighted by molar-refractivity contribution is -0.140. The highest BCUT2D eigenvalue weighted by molar-refractivity contribution is 6.09. The molecule has 0 bridgehead atoms. The SMILES string of the molecule is CC1CC(CN)CN1C(=O)CN1C(=O)NC2(CCCCC2C)C1=O.Cl. The molecule has 3 fully saturated rings. The van der Waals surface area contributed by atoms with Crippen molar-refractivity contribution in [2.24, 2.45) is 17.6 Å². The first-order valence-electron chi connectivity index (χ1n) is 9.02. The van der Waals surface area contributed by atoms with Crippen molar-refractivity contribution in [1.82, 2.24) is 15.1 Å². The Labute approximate surface area is 155 Å². The number of nitrogens with two attached hydrogens (primary N) is 1. The van der Waals surface area contributed by atoms with E-state index in [-0.39, 0.29) is 42.7 Å². The summed E-state index contributed by atoms with van der Waals surface area (Å²) in [7, 11) is 0. The van der Waals surface area contributed by atoms with E-state index in [1.54, 1.807) is 4.90 Å².